The number of aromatic nitrogens is 1. The van der Waals surface area contributed by atoms with Crippen LogP contribution in [-0.2, 0) is 0 Å². The molecular formula is C15H11BrN2O2S. The molecule has 2 aromatic heterocycles. The minimum absolute atomic E-state index is 0.256. The molecule has 0 saturated heterocycles. The van der Waals surface area contributed by atoms with E-state index in [0.717, 1.165) is 16.3 Å². The second kappa shape index (κ2) is 5.83. The smallest absolute Gasteiger partial charge is 0.291 e. The number of benzene rings is 1. The first kappa shape index (κ1) is 14.0. The predicted molar refractivity (Wildman–Crippen MR) is 86.6 cm³/mol. The third kappa shape index (κ3) is 3.06. The summed E-state index contributed by atoms with van der Waals surface area (Å²) in [6, 6.07) is 10.9. The summed E-state index contributed by atoms with van der Waals surface area (Å²) in [4.78, 5) is 16.6. The van der Waals surface area contributed by atoms with E-state index in [4.69, 9.17) is 4.42 Å². The largest absolute Gasteiger partial charge is 0.444 e. The van der Waals surface area contributed by atoms with Gasteiger partial charge < -0.3 is 9.73 Å². The zero-order chi connectivity index (χ0) is 14.8. The molecule has 0 saturated carbocycles. The van der Waals surface area contributed by atoms with Crippen LogP contribution in [0.4, 0.5) is 5.69 Å². The number of hydrogen-bond acceptors (Lipinski definition) is 4. The molecule has 0 aliphatic carbocycles. The maximum Gasteiger partial charge on any atom is 0.291 e. The van der Waals surface area contributed by atoms with Crippen LogP contribution in [0.5, 0.6) is 0 Å². The molecule has 1 amide bonds. The number of nitrogens with zero attached hydrogens (tertiary/aromatic N) is 1. The Morgan fingerprint density at radius 1 is 1.29 bits per heavy atom. The van der Waals surface area contributed by atoms with Crippen LogP contribution in [0, 0.1) is 6.92 Å². The monoisotopic (exact) mass is 362 g/mol. The van der Waals surface area contributed by atoms with Gasteiger partial charge in [-0.2, -0.15) is 0 Å². The Morgan fingerprint density at radius 2 is 2.10 bits per heavy atom. The Morgan fingerprint density at radius 3 is 2.76 bits per heavy atom. The standard InChI is InChI=1S/C15H11BrN2O2S/c1-9-17-12(8-21-9)10-4-2-3-5-11(10)18-15(19)13-6-7-14(16)20-13/h2-8H,1H3,(H,18,19). The topological polar surface area (TPSA) is 55.1 Å². The van der Waals surface area contributed by atoms with Gasteiger partial charge in [0, 0.05) is 10.9 Å². The van der Waals surface area contributed by atoms with Gasteiger partial charge in [0.25, 0.3) is 5.91 Å². The van der Waals surface area contributed by atoms with E-state index in [0.29, 0.717) is 10.4 Å². The number of nitrogens with one attached hydrogen (secondary N) is 1. The van der Waals surface area contributed by atoms with E-state index < -0.39 is 0 Å². The van der Waals surface area contributed by atoms with Gasteiger partial charge in [-0.15, -0.1) is 11.3 Å². The molecular weight excluding hydrogens is 352 g/mol. The van der Waals surface area contributed by atoms with Crippen molar-refractivity contribution in [3.05, 3.63) is 57.2 Å². The van der Waals surface area contributed by atoms with Gasteiger partial charge in [0.15, 0.2) is 10.4 Å². The van der Waals surface area contributed by atoms with Crippen molar-refractivity contribution in [2.75, 3.05) is 5.32 Å². The van der Waals surface area contributed by atoms with Crippen molar-refractivity contribution < 1.29 is 9.21 Å². The first-order valence-electron chi connectivity index (χ1n) is 6.22. The molecule has 0 fully saturated rings. The highest BCUT2D eigenvalue weighted by Gasteiger charge is 2.14. The summed E-state index contributed by atoms with van der Waals surface area (Å²) in [6.45, 7) is 1.95. The van der Waals surface area contributed by atoms with Crippen LogP contribution in [0.2, 0.25) is 0 Å². The minimum Gasteiger partial charge on any atom is -0.444 e. The van der Waals surface area contributed by atoms with Gasteiger partial charge in [-0.1, -0.05) is 18.2 Å². The normalized spacial score (nSPS) is 10.6. The maximum atomic E-state index is 12.2. The number of rotatable bonds is 3. The molecule has 0 atom stereocenters. The number of halogens is 1. The number of hydrogen-bond donors (Lipinski definition) is 1. The van der Waals surface area contributed by atoms with Gasteiger partial charge in [-0.05, 0) is 41.1 Å². The number of thiazole rings is 1. The van der Waals surface area contributed by atoms with E-state index in [9.17, 15) is 4.79 Å². The van der Waals surface area contributed by atoms with Gasteiger partial charge in [0.1, 0.15) is 0 Å². The fraction of sp³-hybridized carbons (Fsp3) is 0.0667. The number of aryl methyl sites for hydroxylation is 1. The Kier molecular flexibility index (Phi) is 3.90. The van der Waals surface area contributed by atoms with E-state index in [1.54, 1.807) is 23.5 Å². The van der Waals surface area contributed by atoms with E-state index >= 15 is 0 Å². The van der Waals surface area contributed by atoms with Crippen molar-refractivity contribution in [3.63, 3.8) is 0 Å². The zero-order valence-corrected chi connectivity index (χ0v) is 13.5. The molecule has 4 nitrogen and oxygen atoms in total. The molecule has 21 heavy (non-hydrogen) atoms. The van der Waals surface area contributed by atoms with E-state index in [-0.39, 0.29) is 11.7 Å². The number of furan rings is 1. The third-order valence-electron chi connectivity index (χ3n) is 2.87. The molecule has 0 bridgehead atoms. The third-order valence-corrected chi connectivity index (χ3v) is 4.07. The first-order valence-corrected chi connectivity index (χ1v) is 7.89. The van der Waals surface area contributed by atoms with E-state index in [1.807, 2.05) is 36.6 Å². The molecule has 0 aliphatic heterocycles. The predicted octanol–water partition coefficient (Wildman–Crippen LogP) is 4.73. The maximum absolute atomic E-state index is 12.2. The molecule has 1 aromatic carbocycles. The number of anilines is 1. The fourth-order valence-corrected chi connectivity index (χ4v) is 2.84. The molecule has 0 aliphatic rings. The van der Waals surface area contributed by atoms with Crippen molar-refractivity contribution in [2.45, 2.75) is 6.92 Å². The summed E-state index contributed by atoms with van der Waals surface area (Å²) in [5.41, 5.74) is 2.45. The Bertz CT molecular complexity index is 794. The summed E-state index contributed by atoms with van der Waals surface area (Å²) in [7, 11) is 0. The van der Waals surface area contributed by atoms with E-state index in [2.05, 4.69) is 26.2 Å². The number of carbonyl (C=O) groups excluding carboxylic acids is 1. The van der Waals surface area contributed by atoms with Crippen molar-refractivity contribution in [2.24, 2.45) is 0 Å². The quantitative estimate of drug-likeness (QED) is 0.732. The highest BCUT2D eigenvalue weighted by Crippen LogP contribution is 2.29. The SMILES string of the molecule is Cc1nc(-c2ccccc2NC(=O)c2ccc(Br)o2)cs1. The molecule has 0 spiro atoms. The molecule has 106 valence electrons. The summed E-state index contributed by atoms with van der Waals surface area (Å²) < 4.78 is 5.78. The lowest BCUT2D eigenvalue weighted by Gasteiger charge is -2.08. The Hall–Kier alpha value is -1.92. The van der Waals surface area contributed by atoms with Crippen molar-refractivity contribution in [3.8, 4) is 11.3 Å². The number of amides is 1. The lowest BCUT2D eigenvalue weighted by Crippen LogP contribution is -2.11. The average Bonchev–Trinajstić information content (AvgIpc) is 3.08. The van der Waals surface area contributed by atoms with Crippen LogP contribution in [0.15, 0.2) is 50.9 Å². The molecule has 0 unspecified atom stereocenters. The molecule has 1 N–H and O–H groups in total. The summed E-state index contributed by atoms with van der Waals surface area (Å²) in [6.07, 6.45) is 0. The Balaban J connectivity index is 1.91. The van der Waals surface area contributed by atoms with Crippen LogP contribution < -0.4 is 5.32 Å². The van der Waals surface area contributed by atoms with E-state index in [1.165, 1.54) is 0 Å². The van der Waals surface area contributed by atoms with Gasteiger partial charge >= 0.3 is 0 Å². The van der Waals surface area contributed by atoms with Crippen molar-refractivity contribution in [1.29, 1.82) is 0 Å². The van der Waals surface area contributed by atoms with Crippen LogP contribution in [0.25, 0.3) is 11.3 Å². The summed E-state index contributed by atoms with van der Waals surface area (Å²) in [5.74, 6) is -0.0359. The molecule has 2 heterocycles. The molecule has 3 aromatic rings. The second-order valence-electron chi connectivity index (χ2n) is 4.36. The average molecular weight is 363 g/mol. The Labute approximate surface area is 134 Å². The fourth-order valence-electron chi connectivity index (χ4n) is 1.92. The first-order chi connectivity index (χ1) is 10.1. The second-order valence-corrected chi connectivity index (χ2v) is 6.20. The van der Waals surface area contributed by atoms with Crippen molar-refractivity contribution in [1.82, 2.24) is 4.98 Å². The number of para-hydroxylation sites is 1. The van der Waals surface area contributed by atoms with Gasteiger partial charge in [0.2, 0.25) is 0 Å². The van der Waals surface area contributed by atoms with Crippen LogP contribution in [0.1, 0.15) is 15.6 Å². The molecule has 6 heteroatoms. The van der Waals surface area contributed by atoms with Gasteiger partial charge in [0.05, 0.1) is 16.4 Å². The lowest BCUT2D eigenvalue weighted by molar-refractivity contribution is 0.0995. The van der Waals surface area contributed by atoms with Crippen LogP contribution in [-0.4, -0.2) is 10.9 Å². The minimum atomic E-state index is -0.292. The van der Waals surface area contributed by atoms with Gasteiger partial charge in [-0.3, -0.25) is 4.79 Å². The van der Waals surface area contributed by atoms with Crippen molar-refractivity contribution >= 4 is 38.9 Å². The molecule has 3 rings (SSSR count). The van der Waals surface area contributed by atoms with Gasteiger partial charge in [-0.25, -0.2) is 4.98 Å². The summed E-state index contributed by atoms with van der Waals surface area (Å²) >= 11 is 4.76. The highest BCUT2D eigenvalue weighted by atomic mass is 79.9. The van der Waals surface area contributed by atoms with Crippen LogP contribution >= 0.6 is 27.3 Å². The highest BCUT2D eigenvalue weighted by molar-refractivity contribution is 9.10. The lowest BCUT2D eigenvalue weighted by atomic mass is 10.1. The number of carbonyl (C=O) groups is 1. The summed E-state index contributed by atoms with van der Waals surface area (Å²) in [5, 5.41) is 5.82. The molecule has 0 radical (unpaired) electrons. The zero-order valence-electron chi connectivity index (χ0n) is 11.1. The van der Waals surface area contributed by atoms with Crippen LogP contribution in [0.3, 0.4) is 0 Å².